The van der Waals surface area contributed by atoms with E-state index in [1.807, 2.05) is 0 Å². The molecule has 0 aliphatic carbocycles. The van der Waals surface area contributed by atoms with Gasteiger partial charge in [-0.25, -0.2) is 4.79 Å². The lowest BCUT2D eigenvalue weighted by Gasteiger charge is -2.14. The fraction of sp³-hybridized carbons (Fsp3) is 0.0833. The van der Waals surface area contributed by atoms with Crippen LogP contribution in [0.4, 0.5) is 11.4 Å². The molecule has 3 aromatic rings. The van der Waals surface area contributed by atoms with E-state index < -0.39 is 23.0 Å². The lowest BCUT2D eigenvalue weighted by atomic mass is 10.1. The van der Waals surface area contributed by atoms with Crippen LogP contribution in [0.2, 0.25) is 0 Å². The van der Waals surface area contributed by atoms with Gasteiger partial charge >= 0.3 is 5.97 Å². The van der Waals surface area contributed by atoms with Crippen LogP contribution < -0.4 is 16.4 Å². The molecule has 0 aliphatic rings. The Hall–Kier alpha value is -4.11. The van der Waals surface area contributed by atoms with Crippen molar-refractivity contribution in [1.82, 2.24) is 0 Å². The van der Waals surface area contributed by atoms with Crippen LogP contribution in [0.1, 0.15) is 38.0 Å². The van der Waals surface area contributed by atoms with Crippen LogP contribution in [-0.2, 0) is 4.79 Å². The van der Waals surface area contributed by atoms with Crippen LogP contribution in [0.25, 0.3) is 0 Å². The molecule has 0 aliphatic heterocycles. The zero-order valence-electron chi connectivity index (χ0n) is 17.6. The Morgan fingerprint density at radius 2 is 1.48 bits per heavy atom. The van der Waals surface area contributed by atoms with Gasteiger partial charge in [0.05, 0.1) is 27.6 Å². The molecular formula is C24H21N3O5S. The van der Waals surface area contributed by atoms with Crippen LogP contribution in [0.5, 0.6) is 0 Å². The highest BCUT2D eigenvalue weighted by Crippen LogP contribution is 2.27. The van der Waals surface area contributed by atoms with E-state index in [1.54, 1.807) is 61.5 Å². The van der Waals surface area contributed by atoms with Crippen molar-refractivity contribution >= 4 is 46.8 Å². The number of hydrogen-bond acceptors (Lipinski definition) is 5. The first-order chi connectivity index (χ1) is 15.8. The first kappa shape index (κ1) is 23.6. The zero-order valence-corrected chi connectivity index (χ0v) is 18.4. The van der Waals surface area contributed by atoms with Crippen molar-refractivity contribution in [2.45, 2.75) is 17.1 Å². The van der Waals surface area contributed by atoms with E-state index >= 15 is 0 Å². The zero-order chi connectivity index (χ0) is 24.0. The van der Waals surface area contributed by atoms with Crippen LogP contribution in [-0.4, -0.2) is 34.0 Å². The van der Waals surface area contributed by atoms with Crippen LogP contribution >= 0.6 is 11.8 Å². The van der Waals surface area contributed by atoms with Gasteiger partial charge in [0, 0.05) is 10.6 Å². The number of primary amides is 1. The molecule has 1 atom stereocenters. The monoisotopic (exact) mass is 463 g/mol. The molecule has 0 radical (unpaired) electrons. The SMILES string of the molecule is CC(Sc1cccc(NC(=O)c2ccccc2C(=O)O)c1)C(=O)Nc1ccccc1C(N)=O. The average molecular weight is 464 g/mol. The van der Waals surface area contributed by atoms with E-state index in [0.717, 1.165) is 0 Å². The molecule has 168 valence electrons. The third-order valence-electron chi connectivity index (χ3n) is 4.63. The molecule has 0 fully saturated rings. The number of carboxylic acids is 1. The molecule has 5 N–H and O–H groups in total. The summed E-state index contributed by atoms with van der Waals surface area (Å²) in [5.74, 6) is -2.70. The van der Waals surface area contributed by atoms with Crippen molar-refractivity contribution in [3.8, 4) is 0 Å². The molecule has 8 nitrogen and oxygen atoms in total. The standard InChI is InChI=1S/C24H21N3O5S/c1-14(22(29)27-20-12-5-4-11-19(20)21(25)28)33-16-8-6-7-15(13-16)26-23(30)17-9-2-3-10-18(17)24(31)32/h2-14H,1H3,(H2,25,28)(H,26,30)(H,27,29)(H,31,32). The number of para-hydroxylation sites is 1. The number of nitrogens with two attached hydrogens (primary N) is 1. The lowest BCUT2D eigenvalue weighted by Crippen LogP contribution is -2.24. The minimum Gasteiger partial charge on any atom is -0.478 e. The molecule has 3 aromatic carbocycles. The summed E-state index contributed by atoms with van der Waals surface area (Å²) >= 11 is 1.26. The molecule has 0 saturated carbocycles. The van der Waals surface area contributed by atoms with Crippen LogP contribution in [0.3, 0.4) is 0 Å². The van der Waals surface area contributed by atoms with Crippen molar-refractivity contribution in [3.63, 3.8) is 0 Å². The number of carbonyl (C=O) groups excluding carboxylic acids is 3. The van der Waals surface area contributed by atoms with Crippen molar-refractivity contribution in [1.29, 1.82) is 0 Å². The molecule has 0 heterocycles. The van der Waals surface area contributed by atoms with Gasteiger partial charge in [0.2, 0.25) is 5.91 Å². The summed E-state index contributed by atoms with van der Waals surface area (Å²) in [6, 6.07) is 19.3. The Morgan fingerprint density at radius 3 is 2.15 bits per heavy atom. The van der Waals surface area contributed by atoms with Crippen molar-refractivity contribution in [2.24, 2.45) is 5.73 Å². The number of thioether (sulfide) groups is 1. The number of aromatic carboxylic acids is 1. The van der Waals surface area contributed by atoms with Gasteiger partial charge in [-0.3, -0.25) is 14.4 Å². The predicted molar refractivity (Wildman–Crippen MR) is 127 cm³/mol. The van der Waals surface area contributed by atoms with Gasteiger partial charge in [-0.15, -0.1) is 11.8 Å². The maximum atomic E-state index is 12.6. The Bertz CT molecular complexity index is 1230. The maximum Gasteiger partial charge on any atom is 0.336 e. The highest BCUT2D eigenvalue weighted by Gasteiger charge is 2.19. The summed E-state index contributed by atoms with van der Waals surface area (Å²) in [5, 5.41) is 14.2. The number of carbonyl (C=O) groups is 4. The van der Waals surface area contributed by atoms with Gasteiger partial charge in [0.1, 0.15) is 0 Å². The first-order valence-corrected chi connectivity index (χ1v) is 10.7. The Kier molecular flexibility index (Phi) is 7.47. The predicted octanol–water partition coefficient (Wildman–Crippen LogP) is 3.86. The molecule has 0 spiro atoms. The molecule has 9 heteroatoms. The normalized spacial score (nSPS) is 11.3. The molecular weight excluding hydrogens is 442 g/mol. The second-order valence-electron chi connectivity index (χ2n) is 6.99. The maximum absolute atomic E-state index is 12.6. The fourth-order valence-electron chi connectivity index (χ4n) is 3.01. The van der Waals surface area contributed by atoms with Crippen molar-refractivity contribution < 1.29 is 24.3 Å². The van der Waals surface area contributed by atoms with Gasteiger partial charge in [-0.05, 0) is 49.4 Å². The number of amides is 3. The summed E-state index contributed by atoms with van der Waals surface area (Å²) in [6.07, 6.45) is 0. The largest absolute Gasteiger partial charge is 0.478 e. The number of nitrogens with one attached hydrogen (secondary N) is 2. The topological polar surface area (TPSA) is 139 Å². The van der Waals surface area contributed by atoms with E-state index in [0.29, 0.717) is 16.3 Å². The quantitative estimate of drug-likeness (QED) is 0.374. The molecule has 0 bridgehead atoms. The molecule has 0 saturated heterocycles. The molecule has 1 unspecified atom stereocenters. The van der Waals surface area contributed by atoms with Crippen LogP contribution in [0.15, 0.2) is 77.7 Å². The van der Waals surface area contributed by atoms with E-state index in [4.69, 9.17) is 5.73 Å². The van der Waals surface area contributed by atoms with Gasteiger partial charge in [0.25, 0.3) is 11.8 Å². The Balaban J connectivity index is 1.69. The highest BCUT2D eigenvalue weighted by atomic mass is 32.2. The smallest absolute Gasteiger partial charge is 0.336 e. The molecule has 0 aromatic heterocycles. The van der Waals surface area contributed by atoms with Gasteiger partial charge in [0.15, 0.2) is 0 Å². The number of rotatable bonds is 8. The average Bonchev–Trinajstić information content (AvgIpc) is 2.79. The summed E-state index contributed by atoms with van der Waals surface area (Å²) in [6.45, 7) is 1.71. The second-order valence-corrected chi connectivity index (χ2v) is 8.41. The Labute approximate surface area is 194 Å². The number of hydrogen-bond donors (Lipinski definition) is 4. The summed E-state index contributed by atoms with van der Waals surface area (Å²) in [5.41, 5.74) is 6.31. The van der Waals surface area contributed by atoms with E-state index in [2.05, 4.69) is 10.6 Å². The van der Waals surface area contributed by atoms with Gasteiger partial charge < -0.3 is 21.5 Å². The second kappa shape index (κ2) is 10.5. The summed E-state index contributed by atoms with van der Waals surface area (Å²) in [4.78, 5) is 48.8. The van der Waals surface area contributed by atoms with Crippen molar-refractivity contribution in [2.75, 3.05) is 10.6 Å². The van der Waals surface area contributed by atoms with E-state index in [1.165, 1.54) is 30.0 Å². The van der Waals surface area contributed by atoms with Gasteiger partial charge in [-0.2, -0.15) is 0 Å². The third kappa shape index (κ3) is 5.98. The number of anilines is 2. The van der Waals surface area contributed by atoms with E-state index in [9.17, 15) is 24.3 Å². The minimum atomic E-state index is -1.19. The first-order valence-electron chi connectivity index (χ1n) is 9.86. The Morgan fingerprint density at radius 1 is 0.848 bits per heavy atom. The molecule has 3 amide bonds. The third-order valence-corrected chi connectivity index (χ3v) is 5.72. The lowest BCUT2D eigenvalue weighted by molar-refractivity contribution is -0.115. The summed E-state index contributed by atoms with van der Waals surface area (Å²) in [7, 11) is 0. The fourth-order valence-corrected chi connectivity index (χ4v) is 3.94. The molecule has 3 rings (SSSR count). The van der Waals surface area contributed by atoms with Crippen molar-refractivity contribution in [3.05, 3.63) is 89.5 Å². The van der Waals surface area contributed by atoms with Crippen LogP contribution in [0, 0.1) is 0 Å². The number of carboxylic acid groups (broad SMARTS) is 1. The highest BCUT2D eigenvalue weighted by molar-refractivity contribution is 8.00. The molecule has 33 heavy (non-hydrogen) atoms. The minimum absolute atomic E-state index is 0.0453. The van der Waals surface area contributed by atoms with Gasteiger partial charge in [-0.1, -0.05) is 30.3 Å². The number of benzene rings is 3. The summed E-state index contributed by atoms with van der Waals surface area (Å²) < 4.78 is 0. The van der Waals surface area contributed by atoms with E-state index in [-0.39, 0.29) is 22.6 Å².